The zero-order valence-electron chi connectivity index (χ0n) is 23.5. The van der Waals surface area contributed by atoms with E-state index in [4.69, 9.17) is 28.2 Å². The smallest absolute Gasteiger partial charge is 0.275 e. The zero-order valence-corrected chi connectivity index (χ0v) is 25.0. The number of rotatable bonds is 9. The Morgan fingerprint density at radius 2 is 1.80 bits per heavy atom. The van der Waals surface area contributed by atoms with Gasteiger partial charge in [-0.2, -0.15) is 5.21 Å². The van der Waals surface area contributed by atoms with Crippen LogP contribution in [0, 0.1) is 11.8 Å². The second-order valence-corrected chi connectivity index (χ2v) is 12.2. The van der Waals surface area contributed by atoms with Crippen molar-refractivity contribution >= 4 is 40.7 Å². The van der Waals surface area contributed by atoms with Crippen molar-refractivity contribution in [3.8, 4) is 0 Å². The Morgan fingerprint density at radius 1 is 1.12 bits per heavy atom. The number of aromatic amines is 1. The first-order valence-corrected chi connectivity index (χ1v) is 15.0. The molecule has 2 heterocycles. The van der Waals surface area contributed by atoms with E-state index in [1.807, 2.05) is 17.0 Å². The van der Waals surface area contributed by atoms with E-state index in [1.54, 1.807) is 30.3 Å². The molecule has 1 aromatic heterocycles. The van der Waals surface area contributed by atoms with Crippen LogP contribution in [0.5, 0.6) is 0 Å². The number of benzene rings is 2. The monoisotopic (exact) mass is 595 g/mol. The molecule has 1 saturated carbocycles. The largest absolute Gasteiger partial charge is 0.345 e. The molecule has 1 aliphatic heterocycles. The number of amides is 2. The fourth-order valence-corrected chi connectivity index (χ4v) is 6.66. The minimum absolute atomic E-state index is 0.105. The summed E-state index contributed by atoms with van der Waals surface area (Å²) < 4.78 is 0. The highest BCUT2D eigenvalue weighted by Gasteiger charge is 2.52. The first-order valence-electron chi connectivity index (χ1n) is 14.2. The summed E-state index contributed by atoms with van der Waals surface area (Å²) in [5.74, 6) is 1.25. The predicted molar refractivity (Wildman–Crippen MR) is 159 cm³/mol. The summed E-state index contributed by atoms with van der Waals surface area (Å²) in [5.41, 5.74) is 1.91. The van der Waals surface area contributed by atoms with Gasteiger partial charge < -0.3 is 10.2 Å². The highest BCUT2D eigenvalue weighted by atomic mass is 35.5. The lowest BCUT2D eigenvalue weighted by molar-refractivity contribution is -0.133. The van der Waals surface area contributed by atoms with Gasteiger partial charge >= 0.3 is 0 Å². The minimum atomic E-state index is -0.632. The van der Waals surface area contributed by atoms with Crippen LogP contribution in [0.15, 0.2) is 47.5 Å². The molecule has 1 fully saturated rings. The maximum Gasteiger partial charge on any atom is 0.275 e. The molecule has 2 aliphatic rings. The normalized spacial score (nSPS) is 21.4. The molecule has 5 rings (SSSR count). The van der Waals surface area contributed by atoms with Crippen LogP contribution < -0.4 is 5.32 Å². The third kappa shape index (κ3) is 6.16. The average Bonchev–Trinajstić information content (AvgIpc) is 3.57. The standard InChI is InChI=1S/C30H35Cl2N7O2/c1-4-5-25(20-6-8-21(9-7-20)28(40)33-17-26-35-37-38-36-26)39-29(41)27(22-14-23(31)16-24(32)15-22)34-30(39)12-10-19(11-13-30)18(2)3/h6-9,14-16,18-19,25H,4-5,10-13,17H2,1-3H3,(H,33,40)(H,35,36,37,38)/t19?,25-,30?/m1/s1. The molecule has 2 N–H and O–H groups in total. The summed E-state index contributed by atoms with van der Waals surface area (Å²) in [5, 5.41) is 17.3. The highest BCUT2D eigenvalue weighted by Crippen LogP contribution is 2.48. The average molecular weight is 597 g/mol. The Labute approximate surface area is 250 Å². The van der Waals surface area contributed by atoms with Crippen molar-refractivity contribution < 1.29 is 9.59 Å². The number of hydrogen-bond acceptors (Lipinski definition) is 6. The first-order chi connectivity index (χ1) is 19.7. The molecule has 11 heteroatoms. The predicted octanol–water partition coefficient (Wildman–Crippen LogP) is 6.15. The molecule has 2 aromatic carbocycles. The first kappa shape index (κ1) is 29.2. The van der Waals surface area contributed by atoms with Crippen LogP contribution >= 0.6 is 23.2 Å². The van der Waals surface area contributed by atoms with Crippen LogP contribution in [0.1, 0.15) is 92.6 Å². The van der Waals surface area contributed by atoms with Gasteiger partial charge in [-0.1, -0.05) is 67.7 Å². The Balaban J connectivity index is 1.46. The molecule has 1 aliphatic carbocycles. The summed E-state index contributed by atoms with van der Waals surface area (Å²) >= 11 is 12.7. The summed E-state index contributed by atoms with van der Waals surface area (Å²) in [6.45, 7) is 6.82. The van der Waals surface area contributed by atoms with E-state index in [1.165, 1.54) is 0 Å². The van der Waals surface area contributed by atoms with Gasteiger partial charge in [-0.05, 0) is 79.8 Å². The lowest BCUT2D eigenvalue weighted by Crippen LogP contribution is -2.51. The van der Waals surface area contributed by atoms with E-state index in [-0.39, 0.29) is 24.4 Å². The fourth-order valence-electron chi connectivity index (χ4n) is 6.14. The topological polar surface area (TPSA) is 116 Å². The molecule has 0 bridgehead atoms. The molecule has 41 heavy (non-hydrogen) atoms. The van der Waals surface area contributed by atoms with Gasteiger partial charge in [0.2, 0.25) is 0 Å². The SMILES string of the molecule is CCC[C@H](c1ccc(C(=O)NCc2nn[nH]n2)cc1)N1C(=O)C(c2cc(Cl)cc(Cl)c2)=NC12CCC(C(C)C)CC2. The van der Waals surface area contributed by atoms with Crippen LogP contribution in [0.2, 0.25) is 10.0 Å². The molecular formula is C30H35Cl2N7O2. The van der Waals surface area contributed by atoms with Gasteiger partial charge in [0.05, 0.1) is 12.6 Å². The van der Waals surface area contributed by atoms with Gasteiger partial charge in [-0.15, -0.1) is 10.2 Å². The Morgan fingerprint density at radius 3 is 2.39 bits per heavy atom. The second kappa shape index (κ2) is 12.3. The zero-order chi connectivity index (χ0) is 29.1. The number of halogens is 2. The van der Waals surface area contributed by atoms with Crippen molar-refractivity contribution in [2.75, 3.05) is 0 Å². The Kier molecular flexibility index (Phi) is 8.75. The molecule has 2 amide bonds. The number of H-pyrrole nitrogens is 1. The maximum absolute atomic E-state index is 14.3. The van der Waals surface area contributed by atoms with Gasteiger partial charge in [0.25, 0.3) is 11.8 Å². The van der Waals surface area contributed by atoms with E-state index < -0.39 is 5.66 Å². The quantitative estimate of drug-likeness (QED) is 0.307. The number of carbonyl (C=O) groups excluding carboxylic acids is 2. The van der Waals surface area contributed by atoms with Gasteiger partial charge in [-0.3, -0.25) is 14.6 Å². The van der Waals surface area contributed by atoms with E-state index >= 15 is 0 Å². The summed E-state index contributed by atoms with van der Waals surface area (Å²) in [4.78, 5) is 34.3. The second-order valence-electron chi connectivity index (χ2n) is 11.3. The maximum atomic E-state index is 14.3. The van der Waals surface area contributed by atoms with Crippen molar-refractivity contribution in [3.05, 3.63) is 75.0 Å². The van der Waals surface area contributed by atoms with Crippen molar-refractivity contribution in [3.63, 3.8) is 0 Å². The van der Waals surface area contributed by atoms with Gasteiger partial charge in [0.1, 0.15) is 11.4 Å². The number of hydrogen-bond donors (Lipinski definition) is 2. The number of aliphatic imine (C=N–C) groups is 1. The van der Waals surface area contributed by atoms with Crippen LogP contribution in [0.4, 0.5) is 0 Å². The lowest BCUT2D eigenvalue weighted by Gasteiger charge is -2.46. The number of nitrogens with zero attached hydrogens (tertiary/aromatic N) is 5. The van der Waals surface area contributed by atoms with Gasteiger partial charge in [0, 0.05) is 21.2 Å². The van der Waals surface area contributed by atoms with Gasteiger partial charge in [0.15, 0.2) is 5.82 Å². The molecule has 1 spiro atoms. The van der Waals surface area contributed by atoms with Crippen LogP contribution in [-0.4, -0.2) is 48.7 Å². The van der Waals surface area contributed by atoms with Crippen molar-refractivity contribution in [1.82, 2.24) is 30.8 Å². The minimum Gasteiger partial charge on any atom is -0.345 e. The summed E-state index contributed by atoms with van der Waals surface area (Å²) in [7, 11) is 0. The van der Waals surface area contributed by atoms with Crippen molar-refractivity contribution in [1.29, 1.82) is 0 Å². The third-order valence-electron chi connectivity index (χ3n) is 8.33. The number of tetrazole rings is 1. The number of aromatic nitrogens is 4. The van der Waals surface area contributed by atoms with Crippen molar-refractivity contribution in [2.24, 2.45) is 16.8 Å². The van der Waals surface area contributed by atoms with E-state index in [0.717, 1.165) is 44.1 Å². The van der Waals surface area contributed by atoms with Crippen LogP contribution in [0.25, 0.3) is 0 Å². The van der Waals surface area contributed by atoms with E-state index in [9.17, 15) is 9.59 Å². The van der Waals surface area contributed by atoms with Crippen LogP contribution in [-0.2, 0) is 11.3 Å². The Hall–Kier alpha value is -3.30. The lowest BCUT2D eigenvalue weighted by atomic mass is 9.76. The molecule has 1 atom stereocenters. The summed E-state index contributed by atoms with van der Waals surface area (Å²) in [6.07, 6.45) is 5.26. The fraction of sp³-hybridized carbons (Fsp3) is 0.467. The molecule has 0 unspecified atom stereocenters. The summed E-state index contributed by atoms with van der Waals surface area (Å²) in [6, 6.07) is 12.5. The Bertz CT molecular complexity index is 1390. The number of nitrogens with one attached hydrogen (secondary N) is 2. The molecular weight excluding hydrogens is 561 g/mol. The van der Waals surface area contributed by atoms with Crippen LogP contribution in [0.3, 0.4) is 0 Å². The molecule has 0 radical (unpaired) electrons. The molecule has 216 valence electrons. The highest BCUT2D eigenvalue weighted by molar-refractivity contribution is 6.47. The number of carbonyl (C=O) groups is 2. The molecule has 3 aromatic rings. The third-order valence-corrected chi connectivity index (χ3v) is 8.76. The molecule has 9 nitrogen and oxygen atoms in total. The van der Waals surface area contributed by atoms with Gasteiger partial charge in [-0.25, -0.2) is 0 Å². The molecule has 0 saturated heterocycles. The van der Waals surface area contributed by atoms with Crippen molar-refractivity contribution in [2.45, 2.75) is 77.5 Å². The van der Waals surface area contributed by atoms with E-state index in [0.29, 0.717) is 44.5 Å². The van der Waals surface area contributed by atoms with E-state index in [2.05, 4.69) is 46.7 Å².